The van der Waals surface area contributed by atoms with Crippen LogP contribution in [0.15, 0.2) is 28.7 Å². The van der Waals surface area contributed by atoms with Crippen LogP contribution in [0.2, 0.25) is 5.02 Å². The van der Waals surface area contributed by atoms with Gasteiger partial charge in [-0.2, -0.15) is 0 Å². The first kappa shape index (κ1) is 13.6. The van der Waals surface area contributed by atoms with Crippen LogP contribution < -0.4 is 0 Å². The fourth-order valence-electron chi connectivity index (χ4n) is 1.76. The largest absolute Gasteiger partial charge is 0.463 e. The Bertz CT molecular complexity index is 592. The van der Waals surface area contributed by atoms with Crippen LogP contribution in [0.4, 0.5) is 0 Å². The summed E-state index contributed by atoms with van der Waals surface area (Å²) in [5.41, 5.74) is 1.35. The number of aryl methyl sites for hydroxylation is 1. The van der Waals surface area contributed by atoms with E-state index in [9.17, 15) is 4.79 Å². The lowest BCUT2D eigenvalue weighted by Crippen LogP contribution is -2.03. The first-order valence-electron chi connectivity index (χ1n) is 5.99. The van der Waals surface area contributed by atoms with E-state index in [1.54, 1.807) is 18.2 Å². The standard InChI is InChI=1S/C14H14ClNO3/c1-3-5-11-12(14(17)18-2)19-13(16-11)9-6-4-7-10(15)8-9/h4,6-8H,3,5H2,1-2H3. The number of hydrogen-bond acceptors (Lipinski definition) is 4. The van der Waals surface area contributed by atoms with Crippen LogP contribution in [0.3, 0.4) is 0 Å². The van der Waals surface area contributed by atoms with E-state index in [2.05, 4.69) is 4.98 Å². The lowest BCUT2D eigenvalue weighted by molar-refractivity contribution is 0.0564. The summed E-state index contributed by atoms with van der Waals surface area (Å²) in [5, 5.41) is 0.590. The van der Waals surface area contributed by atoms with Crippen LogP contribution in [0.1, 0.15) is 29.6 Å². The molecule has 0 bridgehead atoms. The molecule has 2 aromatic rings. The molecule has 0 atom stereocenters. The number of carbonyl (C=O) groups is 1. The van der Waals surface area contributed by atoms with Crippen molar-refractivity contribution in [2.75, 3.05) is 7.11 Å². The zero-order valence-corrected chi connectivity index (χ0v) is 11.5. The van der Waals surface area contributed by atoms with Crippen LogP contribution in [0.25, 0.3) is 11.5 Å². The second-order valence-corrected chi connectivity index (χ2v) is 4.48. The highest BCUT2D eigenvalue weighted by molar-refractivity contribution is 6.30. The monoisotopic (exact) mass is 279 g/mol. The number of methoxy groups -OCH3 is 1. The number of nitrogens with zero attached hydrogens (tertiary/aromatic N) is 1. The van der Waals surface area contributed by atoms with E-state index in [4.69, 9.17) is 20.8 Å². The Morgan fingerprint density at radius 1 is 1.47 bits per heavy atom. The SMILES string of the molecule is CCCc1nc(-c2cccc(Cl)c2)oc1C(=O)OC. The van der Waals surface area contributed by atoms with E-state index < -0.39 is 5.97 Å². The number of hydrogen-bond donors (Lipinski definition) is 0. The first-order chi connectivity index (χ1) is 9.15. The topological polar surface area (TPSA) is 52.3 Å². The van der Waals surface area contributed by atoms with Gasteiger partial charge in [-0.15, -0.1) is 0 Å². The minimum Gasteiger partial charge on any atom is -0.463 e. The van der Waals surface area contributed by atoms with Crippen LogP contribution in [-0.4, -0.2) is 18.1 Å². The molecule has 19 heavy (non-hydrogen) atoms. The first-order valence-corrected chi connectivity index (χ1v) is 6.37. The van der Waals surface area contributed by atoms with Crippen LogP contribution >= 0.6 is 11.6 Å². The average molecular weight is 280 g/mol. The molecular formula is C14H14ClNO3. The fraction of sp³-hybridized carbons (Fsp3) is 0.286. The quantitative estimate of drug-likeness (QED) is 0.800. The van der Waals surface area contributed by atoms with E-state index >= 15 is 0 Å². The molecule has 0 aliphatic rings. The smallest absolute Gasteiger partial charge is 0.376 e. The van der Waals surface area contributed by atoms with Crippen molar-refractivity contribution in [1.82, 2.24) is 4.98 Å². The summed E-state index contributed by atoms with van der Waals surface area (Å²) in [6.07, 6.45) is 1.53. The molecule has 0 spiro atoms. The summed E-state index contributed by atoms with van der Waals surface area (Å²) >= 11 is 5.93. The summed E-state index contributed by atoms with van der Waals surface area (Å²) in [6, 6.07) is 7.14. The molecule has 1 aromatic heterocycles. The van der Waals surface area contributed by atoms with Gasteiger partial charge in [-0.25, -0.2) is 9.78 Å². The molecular weight excluding hydrogens is 266 g/mol. The highest BCUT2D eigenvalue weighted by Gasteiger charge is 2.21. The van der Waals surface area contributed by atoms with Crippen molar-refractivity contribution < 1.29 is 13.9 Å². The molecule has 0 unspecified atom stereocenters. The van der Waals surface area contributed by atoms with E-state index in [0.29, 0.717) is 23.0 Å². The maximum Gasteiger partial charge on any atom is 0.376 e. The Hall–Kier alpha value is -1.81. The van der Waals surface area contributed by atoms with Gasteiger partial charge in [-0.1, -0.05) is 31.0 Å². The molecule has 5 heteroatoms. The third-order valence-corrected chi connectivity index (χ3v) is 2.86. The number of aromatic nitrogens is 1. The summed E-state index contributed by atoms with van der Waals surface area (Å²) in [7, 11) is 1.32. The maximum atomic E-state index is 11.6. The van der Waals surface area contributed by atoms with Crippen molar-refractivity contribution in [1.29, 1.82) is 0 Å². The van der Waals surface area contributed by atoms with Gasteiger partial charge >= 0.3 is 5.97 Å². The van der Waals surface area contributed by atoms with Gasteiger partial charge in [0.25, 0.3) is 0 Å². The number of benzene rings is 1. The zero-order chi connectivity index (χ0) is 13.8. The van der Waals surface area contributed by atoms with E-state index in [0.717, 1.165) is 12.0 Å². The molecule has 0 saturated carbocycles. The fourth-order valence-corrected chi connectivity index (χ4v) is 1.95. The van der Waals surface area contributed by atoms with Gasteiger partial charge in [0.2, 0.25) is 11.7 Å². The van der Waals surface area contributed by atoms with Crippen molar-refractivity contribution in [2.24, 2.45) is 0 Å². The van der Waals surface area contributed by atoms with Crippen LogP contribution in [0.5, 0.6) is 0 Å². The minimum atomic E-state index is -0.510. The Labute approximate surface area is 116 Å². The summed E-state index contributed by atoms with van der Waals surface area (Å²) in [5.74, 6) is 0.0369. The van der Waals surface area contributed by atoms with Crippen molar-refractivity contribution in [3.8, 4) is 11.5 Å². The molecule has 0 fully saturated rings. The average Bonchev–Trinajstić information content (AvgIpc) is 2.82. The number of halogens is 1. The molecule has 0 amide bonds. The van der Waals surface area contributed by atoms with Crippen LogP contribution in [-0.2, 0) is 11.2 Å². The number of ether oxygens (including phenoxy) is 1. The lowest BCUT2D eigenvalue weighted by atomic mass is 10.2. The Morgan fingerprint density at radius 3 is 2.89 bits per heavy atom. The van der Waals surface area contributed by atoms with E-state index in [1.165, 1.54) is 7.11 Å². The van der Waals surface area contributed by atoms with Crippen molar-refractivity contribution in [2.45, 2.75) is 19.8 Å². The molecule has 4 nitrogen and oxygen atoms in total. The van der Waals surface area contributed by atoms with Crippen molar-refractivity contribution in [3.63, 3.8) is 0 Å². The van der Waals surface area contributed by atoms with Gasteiger partial charge in [-0.3, -0.25) is 0 Å². The normalized spacial score (nSPS) is 10.5. The second kappa shape index (κ2) is 5.89. The molecule has 0 saturated heterocycles. The highest BCUT2D eigenvalue weighted by Crippen LogP contribution is 2.25. The summed E-state index contributed by atoms with van der Waals surface area (Å²) < 4.78 is 10.2. The lowest BCUT2D eigenvalue weighted by Gasteiger charge is -1.96. The minimum absolute atomic E-state index is 0.166. The molecule has 0 aliphatic carbocycles. The van der Waals surface area contributed by atoms with Crippen molar-refractivity contribution >= 4 is 17.6 Å². The third kappa shape index (κ3) is 2.96. The second-order valence-electron chi connectivity index (χ2n) is 4.05. The van der Waals surface area contributed by atoms with Gasteiger partial charge < -0.3 is 9.15 Å². The van der Waals surface area contributed by atoms with Gasteiger partial charge in [0.05, 0.1) is 12.8 Å². The Morgan fingerprint density at radius 2 is 2.26 bits per heavy atom. The molecule has 0 radical (unpaired) electrons. The van der Waals surface area contributed by atoms with Gasteiger partial charge in [0.1, 0.15) is 0 Å². The Balaban J connectivity index is 2.45. The number of carbonyl (C=O) groups excluding carboxylic acids is 1. The molecule has 0 aliphatic heterocycles. The molecule has 100 valence electrons. The predicted molar refractivity (Wildman–Crippen MR) is 72.3 cm³/mol. The number of oxazole rings is 1. The zero-order valence-electron chi connectivity index (χ0n) is 10.8. The van der Waals surface area contributed by atoms with Gasteiger partial charge in [-0.05, 0) is 24.6 Å². The molecule has 1 aromatic carbocycles. The molecule has 2 rings (SSSR count). The molecule has 1 heterocycles. The number of rotatable bonds is 4. The maximum absolute atomic E-state index is 11.6. The Kier molecular flexibility index (Phi) is 4.22. The van der Waals surface area contributed by atoms with Gasteiger partial charge in [0, 0.05) is 10.6 Å². The van der Waals surface area contributed by atoms with Gasteiger partial charge in [0.15, 0.2) is 0 Å². The summed E-state index contributed by atoms with van der Waals surface area (Å²) in [6.45, 7) is 2.01. The highest BCUT2D eigenvalue weighted by atomic mass is 35.5. The van der Waals surface area contributed by atoms with E-state index in [1.807, 2.05) is 13.0 Å². The summed E-state index contributed by atoms with van der Waals surface area (Å²) in [4.78, 5) is 16.0. The predicted octanol–water partition coefficient (Wildman–Crippen LogP) is 3.73. The molecule has 0 N–H and O–H groups in total. The third-order valence-electron chi connectivity index (χ3n) is 2.63. The van der Waals surface area contributed by atoms with Crippen LogP contribution in [0, 0.1) is 0 Å². The van der Waals surface area contributed by atoms with E-state index in [-0.39, 0.29) is 5.76 Å². The van der Waals surface area contributed by atoms with Crippen molar-refractivity contribution in [3.05, 3.63) is 40.7 Å². The number of esters is 1.